The number of furan rings is 1. The van der Waals surface area contributed by atoms with E-state index in [-0.39, 0.29) is 42.0 Å². The van der Waals surface area contributed by atoms with Crippen LogP contribution in [0.1, 0.15) is 47.3 Å². The van der Waals surface area contributed by atoms with Crippen molar-refractivity contribution in [3.05, 3.63) is 41.1 Å². The van der Waals surface area contributed by atoms with Gasteiger partial charge in [0.25, 0.3) is 0 Å². The molecule has 9 nitrogen and oxygen atoms in total. The molecule has 0 aromatic carbocycles. The third-order valence-corrected chi connectivity index (χ3v) is 7.90. The summed E-state index contributed by atoms with van der Waals surface area (Å²) in [6.45, 7) is 5.93. The van der Waals surface area contributed by atoms with Gasteiger partial charge in [0.1, 0.15) is 16.2 Å². The second kappa shape index (κ2) is 9.27. The number of carbonyl (C=O) groups excluding carboxylic acids is 2. The van der Waals surface area contributed by atoms with Gasteiger partial charge in [0.05, 0.1) is 19.4 Å². The highest BCUT2D eigenvalue weighted by molar-refractivity contribution is 7.89. The van der Waals surface area contributed by atoms with Crippen LogP contribution >= 0.6 is 0 Å². The molecule has 1 aliphatic rings. The largest absolute Gasteiger partial charge is 0.467 e. The molecule has 3 rings (SSSR count). The fourth-order valence-corrected chi connectivity index (χ4v) is 5.84. The van der Waals surface area contributed by atoms with E-state index in [1.54, 1.807) is 50.8 Å². The molecule has 1 amide bonds. The Morgan fingerprint density at radius 2 is 1.90 bits per heavy atom. The normalized spacial score (nSPS) is 15.7. The maximum absolute atomic E-state index is 13.5. The maximum atomic E-state index is 13.5. The molecule has 1 aliphatic heterocycles. The van der Waals surface area contributed by atoms with Crippen molar-refractivity contribution in [3.63, 3.8) is 0 Å². The molecular weight excluding hydrogens is 422 g/mol. The van der Waals surface area contributed by atoms with Crippen molar-refractivity contribution >= 4 is 21.9 Å². The smallest absolute Gasteiger partial charge is 0.341 e. The van der Waals surface area contributed by atoms with E-state index in [9.17, 15) is 18.0 Å². The summed E-state index contributed by atoms with van der Waals surface area (Å²) in [5.41, 5.74) is 1.11. The summed E-state index contributed by atoms with van der Waals surface area (Å²) >= 11 is 0. The lowest BCUT2D eigenvalue weighted by Crippen LogP contribution is -2.43. The summed E-state index contributed by atoms with van der Waals surface area (Å²) < 4.78 is 40.3. The minimum atomic E-state index is -3.92. The predicted molar refractivity (Wildman–Crippen MR) is 113 cm³/mol. The second-order valence-corrected chi connectivity index (χ2v) is 9.50. The number of hydrogen-bond acceptors (Lipinski definition) is 6. The zero-order valence-corrected chi connectivity index (χ0v) is 19.1. The first-order valence-corrected chi connectivity index (χ1v) is 11.8. The van der Waals surface area contributed by atoms with Crippen molar-refractivity contribution < 1.29 is 27.2 Å². The molecule has 170 valence electrons. The number of rotatable bonds is 7. The zero-order valence-electron chi connectivity index (χ0n) is 18.3. The average Bonchev–Trinajstić information content (AvgIpc) is 3.35. The van der Waals surface area contributed by atoms with Crippen LogP contribution in [-0.4, -0.2) is 48.9 Å². The van der Waals surface area contributed by atoms with Crippen molar-refractivity contribution in [2.45, 2.75) is 45.1 Å². The number of aromatic nitrogens is 1. The van der Waals surface area contributed by atoms with Gasteiger partial charge in [0.2, 0.25) is 15.9 Å². The molecular formula is C21H29N3O6S. The van der Waals surface area contributed by atoms with Gasteiger partial charge in [0.15, 0.2) is 0 Å². The lowest BCUT2D eigenvalue weighted by molar-refractivity contribution is -0.126. The number of esters is 1. The lowest BCUT2D eigenvalue weighted by atomic mass is 9.97. The van der Waals surface area contributed by atoms with E-state index in [1.165, 1.54) is 4.31 Å². The SMILES string of the molecule is CCOC(=O)c1c(S(=O)(=O)N2CCC(C(=O)NCc3ccco3)CC2)c(C)n(C)c1C. The first-order valence-electron chi connectivity index (χ1n) is 10.3. The highest BCUT2D eigenvalue weighted by Gasteiger charge is 2.38. The Hall–Kier alpha value is -2.59. The quantitative estimate of drug-likeness (QED) is 0.646. The highest BCUT2D eigenvalue weighted by atomic mass is 32.2. The first-order chi connectivity index (χ1) is 14.7. The van der Waals surface area contributed by atoms with Crippen LogP contribution in [0, 0.1) is 19.8 Å². The van der Waals surface area contributed by atoms with Gasteiger partial charge < -0.3 is 19.0 Å². The Kier molecular flexibility index (Phi) is 6.90. The molecule has 0 spiro atoms. The minimum Gasteiger partial charge on any atom is -0.467 e. The number of piperidine rings is 1. The van der Waals surface area contributed by atoms with Crippen molar-refractivity contribution in [3.8, 4) is 0 Å². The summed E-state index contributed by atoms with van der Waals surface area (Å²) in [5, 5.41) is 2.83. The van der Waals surface area contributed by atoms with Crippen LogP contribution < -0.4 is 5.32 Å². The number of amides is 1. The van der Waals surface area contributed by atoms with Gasteiger partial charge in [-0.15, -0.1) is 0 Å². The van der Waals surface area contributed by atoms with Gasteiger partial charge in [-0.1, -0.05) is 0 Å². The molecule has 10 heteroatoms. The summed E-state index contributed by atoms with van der Waals surface area (Å²) in [6, 6.07) is 3.53. The number of ether oxygens (including phenoxy) is 1. The van der Waals surface area contributed by atoms with Crippen molar-refractivity contribution in [2.75, 3.05) is 19.7 Å². The van der Waals surface area contributed by atoms with E-state index < -0.39 is 16.0 Å². The van der Waals surface area contributed by atoms with Gasteiger partial charge in [-0.05, 0) is 45.7 Å². The molecule has 31 heavy (non-hydrogen) atoms. The summed E-state index contributed by atoms with van der Waals surface area (Å²) in [4.78, 5) is 25.0. The Bertz CT molecular complexity index is 1050. The Morgan fingerprint density at radius 1 is 1.23 bits per heavy atom. The van der Waals surface area contributed by atoms with E-state index in [0.29, 0.717) is 36.5 Å². The molecule has 0 aliphatic carbocycles. The molecule has 0 bridgehead atoms. The second-order valence-electron chi connectivity index (χ2n) is 7.63. The van der Waals surface area contributed by atoms with Gasteiger partial charge in [0, 0.05) is 37.4 Å². The Balaban J connectivity index is 1.74. The fraction of sp³-hybridized carbons (Fsp3) is 0.524. The summed E-state index contributed by atoms with van der Waals surface area (Å²) in [6.07, 6.45) is 2.36. The standard InChI is InChI=1S/C21H29N3O6S/c1-5-29-21(26)18-14(2)23(4)15(3)19(18)31(27,28)24-10-8-16(9-11-24)20(25)22-13-17-7-6-12-30-17/h6-7,12,16H,5,8-11,13H2,1-4H3,(H,22,25). The number of nitrogens with zero attached hydrogens (tertiary/aromatic N) is 2. The molecule has 0 unspecified atom stereocenters. The van der Waals surface area contributed by atoms with Crippen LogP contribution in [0.5, 0.6) is 0 Å². The maximum Gasteiger partial charge on any atom is 0.341 e. The number of carbonyl (C=O) groups is 2. The third-order valence-electron chi connectivity index (χ3n) is 5.84. The van der Waals surface area contributed by atoms with Gasteiger partial charge in [-0.3, -0.25) is 4.79 Å². The molecule has 0 atom stereocenters. The van der Waals surface area contributed by atoms with Crippen LogP contribution in [0.4, 0.5) is 0 Å². The Labute approximate surface area is 182 Å². The van der Waals surface area contributed by atoms with E-state index >= 15 is 0 Å². The molecule has 1 saturated heterocycles. The fourth-order valence-electron chi connectivity index (χ4n) is 3.90. The first kappa shape index (κ1) is 23.1. The summed E-state index contributed by atoms with van der Waals surface area (Å²) in [5.74, 6) is -0.374. The van der Waals surface area contributed by atoms with E-state index in [4.69, 9.17) is 9.15 Å². The molecule has 1 fully saturated rings. The molecule has 2 aromatic rings. The molecule has 3 heterocycles. The predicted octanol–water partition coefficient (Wildman–Crippen LogP) is 2.13. The van der Waals surface area contributed by atoms with Crippen LogP contribution in [0.25, 0.3) is 0 Å². The topological polar surface area (TPSA) is 111 Å². The molecule has 0 saturated carbocycles. The van der Waals surface area contributed by atoms with Gasteiger partial charge in [-0.2, -0.15) is 4.31 Å². The minimum absolute atomic E-state index is 0.00771. The van der Waals surface area contributed by atoms with Gasteiger partial charge in [-0.25, -0.2) is 13.2 Å². The van der Waals surface area contributed by atoms with Gasteiger partial charge >= 0.3 is 5.97 Å². The molecule has 0 radical (unpaired) electrons. The summed E-state index contributed by atoms with van der Waals surface area (Å²) in [7, 11) is -2.20. The van der Waals surface area contributed by atoms with Crippen molar-refractivity contribution in [2.24, 2.45) is 13.0 Å². The number of hydrogen-bond donors (Lipinski definition) is 1. The van der Waals surface area contributed by atoms with Crippen LogP contribution in [-0.2, 0) is 33.1 Å². The van der Waals surface area contributed by atoms with Crippen molar-refractivity contribution in [1.82, 2.24) is 14.2 Å². The number of sulfonamides is 1. The number of nitrogens with one attached hydrogen (secondary N) is 1. The van der Waals surface area contributed by atoms with E-state index in [1.807, 2.05) is 0 Å². The van der Waals surface area contributed by atoms with Crippen LogP contribution in [0.3, 0.4) is 0 Å². The van der Waals surface area contributed by atoms with E-state index in [2.05, 4.69) is 5.32 Å². The van der Waals surface area contributed by atoms with Crippen molar-refractivity contribution in [1.29, 1.82) is 0 Å². The highest BCUT2D eigenvalue weighted by Crippen LogP contribution is 2.32. The van der Waals surface area contributed by atoms with Crippen LogP contribution in [0.2, 0.25) is 0 Å². The lowest BCUT2D eigenvalue weighted by Gasteiger charge is -2.30. The average molecular weight is 452 g/mol. The van der Waals surface area contributed by atoms with Crippen LogP contribution in [0.15, 0.2) is 27.7 Å². The monoisotopic (exact) mass is 451 g/mol. The van der Waals surface area contributed by atoms with E-state index in [0.717, 1.165) is 0 Å². The molecule has 2 aromatic heterocycles. The zero-order chi connectivity index (χ0) is 22.8. The molecule has 1 N–H and O–H groups in total. The Morgan fingerprint density at radius 3 is 2.48 bits per heavy atom. The third kappa shape index (κ3) is 4.54.